The zero-order chi connectivity index (χ0) is 37.9. The van der Waals surface area contributed by atoms with Crippen molar-refractivity contribution in [3.63, 3.8) is 0 Å². The van der Waals surface area contributed by atoms with Crippen LogP contribution in [0.5, 0.6) is 0 Å². The molecule has 6 rings (SSSR count). The zero-order valence-electron chi connectivity index (χ0n) is 30.4. The predicted molar refractivity (Wildman–Crippen MR) is 219 cm³/mol. The van der Waals surface area contributed by atoms with Crippen molar-refractivity contribution in [3.05, 3.63) is 142 Å². The van der Waals surface area contributed by atoms with Crippen molar-refractivity contribution in [2.24, 2.45) is 0 Å². The van der Waals surface area contributed by atoms with Crippen molar-refractivity contribution in [1.29, 1.82) is 0 Å². The first-order valence-corrected chi connectivity index (χ1v) is 19.9. The summed E-state index contributed by atoms with van der Waals surface area (Å²) in [6.45, 7) is 1.94. The number of carbonyl (C=O) groups excluding carboxylic acids is 4. The lowest BCUT2D eigenvalue weighted by Gasteiger charge is -2.16. The minimum Gasteiger partial charge on any atom is -0.465 e. The molecule has 54 heavy (non-hydrogen) atoms. The number of benzene rings is 4. The number of esters is 1. The predicted octanol–water partition coefficient (Wildman–Crippen LogP) is 9.78. The Balaban J connectivity index is 1.19. The van der Waals surface area contributed by atoms with Crippen LogP contribution in [0.25, 0.3) is 17.2 Å². The molecule has 1 aliphatic carbocycles. The van der Waals surface area contributed by atoms with Gasteiger partial charge in [-0.2, -0.15) is 0 Å². The van der Waals surface area contributed by atoms with Crippen molar-refractivity contribution in [2.75, 3.05) is 17.7 Å². The summed E-state index contributed by atoms with van der Waals surface area (Å²) in [4.78, 5) is 55.6. The monoisotopic (exact) mass is 757 g/mol. The van der Waals surface area contributed by atoms with Gasteiger partial charge in [0.05, 0.1) is 17.9 Å². The van der Waals surface area contributed by atoms with E-state index >= 15 is 0 Å². The third-order valence-corrected chi connectivity index (χ3v) is 11.8. The number of thioether (sulfide) groups is 1. The number of carbonyl (C=O) groups is 4. The zero-order valence-corrected chi connectivity index (χ0v) is 32.0. The number of anilines is 2. The number of nitrogens with one attached hydrogen (secondary N) is 3. The first kappa shape index (κ1) is 38.3. The van der Waals surface area contributed by atoms with Crippen LogP contribution in [-0.4, -0.2) is 36.1 Å². The van der Waals surface area contributed by atoms with E-state index in [9.17, 15) is 19.2 Å². The summed E-state index contributed by atoms with van der Waals surface area (Å²) in [6, 6.07) is 33.7. The number of hydrogen-bond acceptors (Lipinski definition) is 7. The van der Waals surface area contributed by atoms with Gasteiger partial charge in [-0.05, 0) is 90.8 Å². The van der Waals surface area contributed by atoms with E-state index in [1.54, 1.807) is 42.5 Å². The lowest BCUT2D eigenvalue weighted by atomic mass is 9.96. The summed E-state index contributed by atoms with van der Waals surface area (Å²) >= 11 is 2.86. The van der Waals surface area contributed by atoms with Gasteiger partial charge in [0.2, 0.25) is 5.91 Å². The first-order valence-electron chi connectivity index (χ1n) is 18.2. The van der Waals surface area contributed by atoms with E-state index in [-0.39, 0.29) is 11.6 Å². The van der Waals surface area contributed by atoms with Gasteiger partial charge in [0.15, 0.2) is 0 Å². The fourth-order valence-electron chi connectivity index (χ4n) is 6.36. The highest BCUT2D eigenvalue weighted by atomic mass is 32.2. The number of aryl methyl sites for hydroxylation is 1. The SMILES string of the molecule is CCC(Sc1cccc(NC(=O)/C(=C\c2ccc(-c3ccccc3)cc2)NC(=O)c2ccccc2)c1)C(=O)Nc1sc2c(c1C(=O)OC)CCCCCC2. The van der Waals surface area contributed by atoms with Gasteiger partial charge in [-0.1, -0.05) is 98.6 Å². The van der Waals surface area contributed by atoms with Gasteiger partial charge >= 0.3 is 5.97 Å². The van der Waals surface area contributed by atoms with E-state index < -0.39 is 23.0 Å². The van der Waals surface area contributed by atoms with Crippen molar-refractivity contribution >= 4 is 63.6 Å². The molecule has 3 amide bonds. The molecule has 0 saturated heterocycles. The molecule has 1 heterocycles. The van der Waals surface area contributed by atoms with Crippen molar-refractivity contribution in [3.8, 4) is 11.1 Å². The Morgan fingerprint density at radius 3 is 2.19 bits per heavy atom. The van der Waals surface area contributed by atoms with Crippen LogP contribution < -0.4 is 16.0 Å². The van der Waals surface area contributed by atoms with Crippen molar-refractivity contribution in [2.45, 2.75) is 62.0 Å². The van der Waals surface area contributed by atoms with Gasteiger partial charge in [-0.3, -0.25) is 14.4 Å². The van der Waals surface area contributed by atoms with E-state index in [4.69, 9.17) is 4.74 Å². The Kier molecular flexibility index (Phi) is 13.1. The minimum absolute atomic E-state index is 0.0756. The van der Waals surface area contributed by atoms with E-state index in [0.717, 1.165) is 70.6 Å². The third-order valence-electron chi connectivity index (χ3n) is 9.19. The molecule has 3 N–H and O–H groups in total. The second-order valence-corrected chi connectivity index (χ2v) is 15.3. The van der Waals surface area contributed by atoms with Crippen LogP contribution >= 0.6 is 23.1 Å². The number of thiophene rings is 1. The van der Waals surface area contributed by atoms with Crippen LogP contribution in [0.2, 0.25) is 0 Å². The Morgan fingerprint density at radius 2 is 1.48 bits per heavy atom. The summed E-state index contributed by atoms with van der Waals surface area (Å²) in [6.07, 6.45) is 8.20. The van der Waals surface area contributed by atoms with Gasteiger partial charge in [-0.15, -0.1) is 23.1 Å². The molecule has 5 aromatic rings. The maximum absolute atomic E-state index is 13.8. The molecule has 1 unspecified atom stereocenters. The lowest BCUT2D eigenvalue weighted by molar-refractivity contribution is -0.116. The lowest BCUT2D eigenvalue weighted by Crippen LogP contribution is -2.30. The maximum atomic E-state index is 13.8. The number of fused-ring (bicyclic) bond motifs is 1. The third kappa shape index (κ3) is 9.75. The van der Waals surface area contributed by atoms with Crippen LogP contribution in [0.4, 0.5) is 10.7 Å². The topological polar surface area (TPSA) is 114 Å². The van der Waals surface area contributed by atoms with Gasteiger partial charge in [-0.25, -0.2) is 4.79 Å². The van der Waals surface area contributed by atoms with Gasteiger partial charge < -0.3 is 20.7 Å². The molecule has 0 bridgehead atoms. The highest BCUT2D eigenvalue weighted by Gasteiger charge is 2.28. The quantitative estimate of drug-likeness (QED) is 0.0664. The molecule has 0 saturated carbocycles. The van der Waals surface area contributed by atoms with Crippen molar-refractivity contribution < 1.29 is 23.9 Å². The van der Waals surface area contributed by atoms with Crippen LogP contribution in [0, 0.1) is 0 Å². The molecule has 0 aliphatic heterocycles. The number of ether oxygens (including phenoxy) is 1. The fraction of sp³-hybridized carbons (Fsp3) is 0.227. The fourth-order valence-corrected chi connectivity index (χ4v) is 8.66. The van der Waals surface area contributed by atoms with Crippen LogP contribution in [0.15, 0.2) is 120 Å². The Hall–Kier alpha value is -5.45. The first-order chi connectivity index (χ1) is 26.3. The molecule has 0 spiro atoms. The highest BCUT2D eigenvalue weighted by Crippen LogP contribution is 2.38. The van der Waals surface area contributed by atoms with E-state index in [1.807, 2.05) is 79.7 Å². The highest BCUT2D eigenvalue weighted by molar-refractivity contribution is 8.00. The molecule has 1 atom stereocenters. The number of hydrogen-bond donors (Lipinski definition) is 3. The second-order valence-electron chi connectivity index (χ2n) is 13.0. The standard InChI is InChI=1S/C44H43N3O5S2/c1-3-37(42(50)47-43-39(44(51)52-2)35-21-12-4-5-13-22-38(35)54-43)53-34-20-14-19-33(28-34)45-41(49)36(46-40(48)32-17-10-7-11-18-32)27-29-23-25-31(26-24-29)30-15-8-6-9-16-30/h6-11,14-20,23-28,37H,3-5,12-13,21-22H2,1-2H3,(H,45,49)(H,46,48)(H,47,50)/b36-27+. The normalized spacial score (nSPS) is 13.4. The largest absolute Gasteiger partial charge is 0.465 e. The van der Waals surface area contributed by atoms with Crippen molar-refractivity contribution in [1.82, 2.24) is 5.32 Å². The molecular weight excluding hydrogens is 715 g/mol. The molecule has 1 aromatic heterocycles. The average Bonchev–Trinajstić information content (AvgIpc) is 3.52. The smallest absolute Gasteiger partial charge is 0.341 e. The van der Waals surface area contributed by atoms with E-state index in [2.05, 4.69) is 16.0 Å². The molecular formula is C44H43N3O5S2. The summed E-state index contributed by atoms with van der Waals surface area (Å²) in [5.41, 5.74) is 5.33. The summed E-state index contributed by atoms with van der Waals surface area (Å²) < 4.78 is 5.15. The summed E-state index contributed by atoms with van der Waals surface area (Å²) in [5.74, 6) is -1.54. The second kappa shape index (κ2) is 18.5. The number of methoxy groups -OCH3 is 1. The molecule has 4 aromatic carbocycles. The van der Waals surface area contributed by atoms with Crippen LogP contribution in [0.1, 0.15) is 75.7 Å². The molecule has 10 heteroatoms. The molecule has 276 valence electrons. The average molecular weight is 758 g/mol. The molecule has 8 nitrogen and oxygen atoms in total. The Bertz CT molecular complexity index is 2130. The van der Waals surface area contributed by atoms with Crippen LogP contribution in [0.3, 0.4) is 0 Å². The molecule has 0 fully saturated rings. The maximum Gasteiger partial charge on any atom is 0.341 e. The summed E-state index contributed by atoms with van der Waals surface area (Å²) in [7, 11) is 1.37. The van der Waals surface area contributed by atoms with Gasteiger partial charge in [0.25, 0.3) is 11.8 Å². The minimum atomic E-state index is -0.498. The van der Waals surface area contributed by atoms with Gasteiger partial charge in [0.1, 0.15) is 10.7 Å². The van der Waals surface area contributed by atoms with Crippen LogP contribution in [-0.2, 0) is 27.2 Å². The van der Waals surface area contributed by atoms with E-state index in [0.29, 0.717) is 28.2 Å². The number of amides is 3. The molecule has 1 aliphatic rings. The Morgan fingerprint density at radius 1 is 0.796 bits per heavy atom. The number of rotatable bonds is 12. The molecule has 0 radical (unpaired) electrons. The Labute approximate surface area is 324 Å². The van der Waals surface area contributed by atoms with Gasteiger partial charge in [0, 0.05) is 21.0 Å². The summed E-state index contributed by atoms with van der Waals surface area (Å²) in [5, 5.41) is 8.88. The van der Waals surface area contributed by atoms with E-state index in [1.165, 1.54) is 30.2 Å².